The largest absolute Gasteiger partial charge is 0.573 e. The summed E-state index contributed by atoms with van der Waals surface area (Å²) in [6, 6.07) is 6.24. The fourth-order valence-electron chi connectivity index (χ4n) is 2.29. The van der Waals surface area contributed by atoms with E-state index in [0.29, 0.717) is 16.3 Å². The van der Waals surface area contributed by atoms with Crippen LogP contribution in [0.15, 0.2) is 28.7 Å². The summed E-state index contributed by atoms with van der Waals surface area (Å²) >= 11 is 0. The minimum Gasteiger partial charge on any atom is -0.449 e. The molecule has 0 saturated carbocycles. The van der Waals surface area contributed by atoms with Crippen LogP contribution in [0.4, 0.5) is 17.6 Å². The van der Waals surface area contributed by atoms with Gasteiger partial charge in [0.15, 0.2) is 22.7 Å². The fraction of sp³-hybridized carbons (Fsp3) is 0.200. The summed E-state index contributed by atoms with van der Waals surface area (Å²) < 4.78 is 60.9. The molecule has 1 heterocycles. The van der Waals surface area contributed by atoms with Gasteiger partial charge in [-0.15, -0.1) is 13.2 Å². The van der Waals surface area contributed by atoms with E-state index in [2.05, 4.69) is 4.74 Å². The third-order valence-electron chi connectivity index (χ3n) is 3.31. The minimum atomic E-state index is -4.84. The summed E-state index contributed by atoms with van der Waals surface area (Å²) in [6.45, 7) is 3.02. The molecule has 2 nitrogen and oxygen atoms in total. The van der Waals surface area contributed by atoms with Crippen molar-refractivity contribution in [2.45, 2.75) is 20.2 Å². The van der Waals surface area contributed by atoms with Crippen LogP contribution in [0, 0.1) is 19.7 Å². The number of halogens is 4. The average Bonchev–Trinajstić information content (AvgIpc) is 2.76. The number of furan rings is 1. The van der Waals surface area contributed by atoms with Crippen LogP contribution in [-0.2, 0) is 0 Å². The number of aryl methyl sites for hydroxylation is 2. The number of rotatable bonds is 1. The van der Waals surface area contributed by atoms with Crippen molar-refractivity contribution in [3.63, 3.8) is 0 Å². The van der Waals surface area contributed by atoms with E-state index in [-0.39, 0.29) is 16.7 Å². The summed E-state index contributed by atoms with van der Waals surface area (Å²) in [5, 5.41) is 0.800. The van der Waals surface area contributed by atoms with E-state index in [4.69, 9.17) is 4.42 Å². The van der Waals surface area contributed by atoms with Gasteiger partial charge in [-0.2, -0.15) is 0 Å². The van der Waals surface area contributed by atoms with E-state index in [1.54, 1.807) is 25.1 Å². The molecule has 3 rings (SSSR count). The number of alkyl halides is 3. The Morgan fingerprint density at radius 3 is 2.10 bits per heavy atom. The maximum atomic E-state index is 14.0. The van der Waals surface area contributed by atoms with Crippen LogP contribution in [0.1, 0.15) is 11.1 Å². The first-order valence-corrected chi connectivity index (χ1v) is 6.14. The van der Waals surface area contributed by atoms with Gasteiger partial charge in [0.25, 0.3) is 0 Å². The van der Waals surface area contributed by atoms with Gasteiger partial charge in [-0.3, -0.25) is 0 Å². The summed E-state index contributed by atoms with van der Waals surface area (Å²) in [6.07, 6.45) is -4.84. The second-order valence-corrected chi connectivity index (χ2v) is 4.81. The second-order valence-electron chi connectivity index (χ2n) is 4.81. The van der Waals surface area contributed by atoms with Gasteiger partial charge in [0, 0.05) is 10.8 Å². The molecule has 0 spiro atoms. The molecule has 0 fully saturated rings. The molecule has 0 amide bonds. The Labute approximate surface area is 116 Å². The molecular weight excluding hydrogens is 288 g/mol. The van der Waals surface area contributed by atoms with Gasteiger partial charge in [-0.1, -0.05) is 18.2 Å². The van der Waals surface area contributed by atoms with Crippen molar-refractivity contribution in [1.82, 2.24) is 0 Å². The van der Waals surface area contributed by atoms with Crippen molar-refractivity contribution < 1.29 is 26.7 Å². The third kappa shape index (κ3) is 2.20. The zero-order valence-electron chi connectivity index (χ0n) is 11.1. The second kappa shape index (κ2) is 4.38. The van der Waals surface area contributed by atoms with Gasteiger partial charge >= 0.3 is 6.36 Å². The van der Waals surface area contributed by atoms with Gasteiger partial charge in [0.2, 0.25) is 0 Å². The minimum absolute atomic E-state index is 0.0670. The standard InChI is InChI=1S/C15H10F4O2/c1-7-3-5-9-10-6-4-8(2)12(21-15(17,18)19)14(10)20-13(9)11(7)16/h3-6H,1-2H3. The van der Waals surface area contributed by atoms with Crippen molar-refractivity contribution in [1.29, 1.82) is 0 Å². The van der Waals surface area contributed by atoms with Crippen LogP contribution in [-0.4, -0.2) is 6.36 Å². The predicted molar refractivity (Wildman–Crippen MR) is 69.8 cm³/mol. The Kier molecular flexibility index (Phi) is 2.86. The Morgan fingerprint density at radius 1 is 0.905 bits per heavy atom. The smallest absolute Gasteiger partial charge is 0.449 e. The van der Waals surface area contributed by atoms with Gasteiger partial charge in [0.05, 0.1) is 0 Å². The van der Waals surface area contributed by atoms with Crippen LogP contribution >= 0.6 is 0 Å². The predicted octanol–water partition coefficient (Wildman–Crippen LogP) is 5.24. The molecule has 0 aliphatic carbocycles. The summed E-state index contributed by atoms with van der Waals surface area (Å²) in [5.74, 6) is -1.02. The van der Waals surface area contributed by atoms with Crippen molar-refractivity contribution in [3.8, 4) is 5.75 Å². The van der Waals surface area contributed by atoms with E-state index >= 15 is 0 Å². The van der Waals surface area contributed by atoms with Crippen molar-refractivity contribution in [3.05, 3.63) is 41.2 Å². The summed E-state index contributed by atoms with van der Waals surface area (Å²) in [7, 11) is 0. The number of ether oxygens (including phenoxy) is 1. The van der Waals surface area contributed by atoms with Gasteiger partial charge < -0.3 is 9.15 Å². The molecule has 0 aliphatic heterocycles. The maximum absolute atomic E-state index is 14.0. The Morgan fingerprint density at radius 2 is 1.48 bits per heavy atom. The van der Waals surface area contributed by atoms with Crippen molar-refractivity contribution in [2.75, 3.05) is 0 Å². The zero-order valence-corrected chi connectivity index (χ0v) is 11.1. The highest BCUT2D eigenvalue weighted by Crippen LogP contribution is 2.40. The monoisotopic (exact) mass is 298 g/mol. The molecule has 1 aromatic heterocycles. The van der Waals surface area contributed by atoms with Gasteiger partial charge in [0.1, 0.15) is 0 Å². The first-order valence-electron chi connectivity index (χ1n) is 6.14. The number of hydrogen-bond donors (Lipinski definition) is 0. The first kappa shape index (κ1) is 13.7. The molecule has 0 saturated heterocycles. The summed E-state index contributed by atoms with van der Waals surface area (Å²) in [4.78, 5) is 0. The highest BCUT2D eigenvalue weighted by molar-refractivity contribution is 6.07. The van der Waals surface area contributed by atoms with E-state index in [1.165, 1.54) is 13.0 Å². The Balaban J connectivity index is 2.38. The first-order chi connectivity index (χ1) is 9.78. The molecule has 21 heavy (non-hydrogen) atoms. The molecule has 2 aromatic carbocycles. The van der Waals surface area contributed by atoms with Crippen LogP contribution in [0.25, 0.3) is 21.9 Å². The van der Waals surface area contributed by atoms with E-state index in [1.807, 2.05) is 0 Å². The molecular formula is C15H10F4O2. The van der Waals surface area contributed by atoms with Gasteiger partial charge in [-0.05, 0) is 31.0 Å². The van der Waals surface area contributed by atoms with E-state index in [0.717, 1.165) is 0 Å². The lowest BCUT2D eigenvalue weighted by Gasteiger charge is -2.11. The molecule has 3 aromatic rings. The molecule has 0 aliphatic rings. The Bertz CT molecular complexity index is 846. The van der Waals surface area contributed by atoms with Gasteiger partial charge in [-0.25, -0.2) is 4.39 Å². The molecule has 0 bridgehead atoms. The number of fused-ring (bicyclic) bond motifs is 3. The van der Waals surface area contributed by atoms with Crippen LogP contribution < -0.4 is 4.74 Å². The molecule has 0 N–H and O–H groups in total. The van der Waals surface area contributed by atoms with Crippen LogP contribution in [0.3, 0.4) is 0 Å². The highest BCUT2D eigenvalue weighted by Gasteiger charge is 2.33. The number of benzene rings is 2. The number of hydrogen-bond acceptors (Lipinski definition) is 2. The topological polar surface area (TPSA) is 22.4 Å². The average molecular weight is 298 g/mol. The lowest BCUT2D eigenvalue weighted by atomic mass is 10.1. The molecule has 0 radical (unpaired) electrons. The molecule has 0 atom stereocenters. The molecule has 110 valence electrons. The zero-order chi connectivity index (χ0) is 15.4. The van der Waals surface area contributed by atoms with E-state index in [9.17, 15) is 17.6 Å². The Hall–Kier alpha value is -2.24. The normalized spacial score (nSPS) is 12.3. The fourth-order valence-corrected chi connectivity index (χ4v) is 2.29. The van der Waals surface area contributed by atoms with Crippen molar-refractivity contribution >= 4 is 21.9 Å². The highest BCUT2D eigenvalue weighted by atomic mass is 19.4. The maximum Gasteiger partial charge on any atom is 0.573 e. The molecule has 6 heteroatoms. The quantitative estimate of drug-likeness (QED) is 0.573. The van der Waals surface area contributed by atoms with Crippen LogP contribution in [0.2, 0.25) is 0 Å². The lowest BCUT2D eigenvalue weighted by molar-refractivity contribution is -0.274. The van der Waals surface area contributed by atoms with E-state index < -0.39 is 17.9 Å². The lowest BCUT2D eigenvalue weighted by Crippen LogP contribution is -2.17. The van der Waals surface area contributed by atoms with Crippen LogP contribution in [0.5, 0.6) is 5.75 Å². The third-order valence-corrected chi connectivity index (χ3v) is 3.31. The molecule has 0 unspecified atom stereocenters. The summed E-state index contributed by atoms with van der Waals surface area (Å²) in [5.41, 5.74) is 0.446. The van der Waals surface area contributed by atoms with Crippen molar-refractivity contribution in [2.24, 2.45) is 0 Å². The SMILES string of the molecule is Cc1ccc2c(oc3c(OC(F)(F)F)c(C)ccc32)c1F.